The molecule has 7 nitrogen and oxygen atoms in total. The number of benzene rings is 3. The highest BCUT2D eigenvalue weighted by Crippen LogP contribution is 2.37. The van der Waals surface area contributed by atoms with E-state index >= 15 is 0 Å². The van der Waals surface area contributed by atoms with Crippen molar-refractivity contribution in [2.75, 3.05) is 68.2 Å². The number of nitrogens with one attached hydrogen (secondary N) is 1. The average molecular weight is 528 g/mol. The number of nitrogens with zero attached hydrogens (tertiary/aromatic N) is 4. The largest absolute Gasteiger partial charge is 0.497 e. The van der Waals surface area contributed by atoms with Crippen LogP contribution in [0.2, 0.25) is 0 Å². The molecule has 3 heterocycles. The maximum atomic E-state index is 13.4. The Kier molecular flexibility index (Phi) is 7.20. The zero-order valence-electron chi connectivity index (χ0n) is 22.3. The lowest BCUT2D eigenvalue weighted by Crippen LogP contribution is -2.47. The number of ether oxygens (including phenoxy) is 2. The van der Waals surface area contributed by atoms with Gasteiger partial charge in [0.25, 0.3) is 0 Å². The smallest absolute Gasteiger partial charge is 0.228 e. The lowest BCUT2D eigenvalue weighted by Gasteiger charge is -2.38. The highest BCUT2D eigenvalue weighted by atomic mass is 19.1. The molecule has 0 bridgehead atoms. The molecule has 4 aromatic rings. The summed E-state index contributed by atoms with van der Waals surface area (Å²) in [4.78, 5) is 14.5. The molecule has 0 unspecified atom stereocenters. The van der Waals surface area contributed by atoms with Gasteiger partial charge in [-0.1, -0.05) is 24.3 Å². The standard InChI is InChI=1S/C31H34FN5O2/c1-38-26-12-6-23(7-13-26)31(14-20-39-21-15-31)22-33-29-27-4-2-3-5-28(27)34-30(35-29)37-18-16-36(17-19-37)25-10-8-24(32)9-11-25/h2-13H,14-22H2,1H3,(H,33,34,35). The van der Waals surface area contributed by atoms with Crippen LogP contribution in [0.25, 0.3) is 10.9 Å². The van der Waals surface area contributed by atoms with Crippen LogP contribution in [0.3, 0.4) is 0 Å². The summed E-state index contributed by atoms with van der Waals surface area (Å²) in [5, 5.41) is 4.75. The minimum atomic E-state index is -0.212. The van der Waals surface area contributed by atoms with Crippen molar-refractivity contribution >= 4 is 28.4 Å². The van der Waals surface area contributed by atoms with E-state index in [4.69, 9.17) is 19.4 Å². The molecule has 0 amide bonds. The molecular weight excluding hydrogens is 493 g/mol. The zero-order chi connectivity index (χ0) is 26.7. The van der Waals surface area contributed by atoms with Crippen molar-refractivity contribution in [1.29, 1.82) is 0 Å². The van der Waals surface area contributed by atoms with Crippen LogP contribution < -0.4 is 19.9 Å². The molecule has 1 aromatic heterocycles. The van der Waals surface area contributed by atoms with Gasteiger partial charge < -0.3 is 24.6 Å². The van der Waals surface area contributed by atoms with Gasteiger partial charge in [0.05, 0.1) is 12.6 Å². The van der Waals surface area contributed by atoms with Gasteiger partial charge in [0.1, 0.15) is 17.4 Å². The summed E-state index contributed by atoms with van der Waals surface area (Å²) in [7, 11) is 1.70. The second-order valence-corrected chi connectivity index (χ2v) is 10.3. The van der Waals surface area contributed by atoms with Gasteiger partial charge >= 0.3 is 0 Å². The van der Waals surface area contributed by atoms with E-state index in [0.29, 0.717) is 0 Å². The Morgan fingerprint density at radius 3 is 2.28 bits per heavy atom. The molecule has 6 rings (SSSR count). The number of methoxy groups -OCH3 is 1. The molecule has 0 radical (unpaired) electrons. The normalized spacial score (nSPS) is 17.3. The maximum absolute atomic E-state index is 13.4. The third kappa shape index (κ3) is 5.34. The highest BCUT2D eigenvalue weighted by Gasteiger charge is 2.35. The van der Waals surface area contributed by atoms with Gasteiger partial charge in [0, 0.05) is 62.4 Å². The van der Waals surface area contributed by atoms with Crippen LogP contribution in [0.5, 0.6) is 5.75 Å². The summed E-state index contributed by atoms with van der Waals surface area (Å²) in [5.41, 5.74) is 3.20. The fourth-order valence-corrected chi connectivity index (χ4v) is 5.68. The molecule has 0 saturated carbocycles. The van der Waals surface area contributed by atoms with Gasteiger partial charge in [0.2, 0.25) is 5.95 Å². The van der Waals surface area contributed by atoms with Crippen molar-refractivity contribution in [3.63, 3.8) is 0 Å². The SMILES string of the molecule is COc1ccc(C2(CNc3nc(N4CCN(c5ccc(F)cc5)CC4)nc4ccccc34)CCOCC2)cc1. The molecule has 1 N–H and O–H groups in total. The number of fused-ring (bicyclic) bond motifs is 1. The van der Waals surface area contributed by atoms with E-state index in [1.54, 1.807) is 7.11 Å². The molecule has 39 heavy (non-hydrogen) atoms. The van der Waals surface area contributed by atoms with Gasteiger partial charge in [-0.25, -0.2) is 9.37 Å². The van der Waals surface area contributed by atoms with E-state index in [-0.39, 0.29) is 11.2 Å². The summed E-state index contributed by atoms with van der Waals surface area (Å²) in [6.45, 7) is 5.46. The van der Waals surface area contributed by atoms with Crippen molar-refractivity contribution in [3.05, 3.63) is 84.2 Å². The first-order valence-electron chi connectivity index (χ1n) is 13.6. The summed E-state index contributed by atoms with van der Waals surface area (Å²) in [5.74, 6) is 2.24. The fraction of sp³-hybridized carbons (Fsp3) is 0.355. The second-order valence-electron chi connectivity index (χ2n) is 10.3. The third-order valence-corrected chi connectivity index (χ3v) is 8.09. The van der Waals surface area contributed by atoms with Gasteiger partial charge in [-0.2, -0.15) is 4.98 Å². The highest BCUT2D eigenvalue weighted by molar-refractivity contribution is 5.90. The van der Waals surface area contributed by atoms with E-state index in [1.165, 1.54) is 17.7 Å². The Labute approximate surface area is 228 Å². The van der Waals surface area contributed by atoms with Gasteiger partial charge in [-0.05, 0) is 66.9 Å². The van der Waals surface area contributed by atoms with Gasteiger partial charge in [0.15, 0.2) is 0 Å². The minimum Gasteiger partial charge on any atom is -0.497 e. The molecule has 8 heteroatoms. The molecule has 0 aliphatic carbocycles. The van der Waals surface area contributed by atoms with Crippen molar-refractivity contribution in [1.82, 2.24) is 9.97 Å². The third-order valence-electron chi connectivity index (χ3n) is 8.09. The molecule has 0 atom stereocenters. The molecule has 3 aromatic carbocycles. The van der Waals surface area contributed by atoms with Crippen LogP contribution >= 0.6 is 0 Å². The average Bonchev–Trinajstić information content (AvgIpc) is 3.01. The molecule has 2 saturated heterocycles. The van der Waals surface area contributed by atoms with E-state index in [2.05, 4.69) is 33.3 Å². The number of hydrogen-bond donors (Lipinski definition) is 1. The molecule has 2 fully saturated rings. The van der Waals surface area contributed by atoms with Crippen molar-refractivity contribution in [2.24, 2.45) is 0 Å². The first-order chi connectivity index (χ1) is 19.1. The van der Waals surface area contributed by atoms with E-state index in [0.717, 1.165) is 92.9 Å². The summed E-state index contributed by atoms with van der Waals surface area (Å²) < 4.78 is 24.5. The van der Waals surface area contributed by atoms with E-state index < -0.39 is 0 Å². The van der Waals surface area contributed by atoms with Crippen LogP contribution in [0.15, 0.2) is 72.8 Å². The maximum Gasteiger partial charge on any atom is 0.228 e. The van der Waals surface area contributed by atoms with Crippen molar-refractivity contribution in [2.45, 2.75) is 18.3 Å². The molecular formula is C31H34FN5O2. The number of rotatable bonds is 7. The van der Waals surface area contributed by atoms with Gasteiger partial charge in [-0.15, -0.1) is 0 Å². The van der Waals surface area contributed by atoms with Crippen molar-refractivity contribution < 1.29 is 13.9 Å². The fourth-order valence-electron chi connectivity index (χ4n) is 5.68. The predicted octanol–water partition coefficient (Wildman–Crippen LogP) is 5.26. The Bertz CT molecular complexity index is 1400. The van der Waals surface area contributed by atoms with Crippen LogP contribution in [0.1, 0.15) is 18.4 Å². The lowest BCUT2D eigenvalue weighted by atomic mass is 9.74. The Balaban J connectivity index is 1.24. The molecule has 202 valence electrons. The van der Waals surface area contributed by atoms with Crippen LogP contribution in [0, 0.1) is 5.82 Å². The number of anilines is 3. The van der Waals surface area contributed by atoms with Crippen LogP contribution in [-0.4, -0.2) is 63.0 Å². The number of halogens is 1. The Morgan fingerprint density at radius 2 is 1.56 bits per heavy atom. The topological polar surface area (TPSA) is 62.8 Å². The van der Waals surface area contributed by atoms with Crippen LogP contribution in [-0.2, 0) is 10.2 Å². The van der Waals surface area contributed by atoms with Gasteiger partial charge in [-0.3, -0.25) is 0 Å². The predicted molar refractivity (Wildman–Crippen MR) is 154 cm³/mol. The van der Waals surface area contributed by atoms with Crippen LogP contribution in [0.4, 0.5) is 21.8 Å². The monoisotopic (exact) mass is 527 g/mol. The zero-order valence-corrected chi connectivity index (χ0v) is 22.3. The van der Waals surface area contributed by atoms with E-state index in [9.17, 15) is 4.39 Å². The summed E-state index contributed by atoms with van der Waals surface area (Å²) in [6, 6.07) is 23.3. The molecule has 2 aliphatic heterocycles. The first kappa shape index (κ1) is 25.4. The summed E-state index contributed by atoms with van der Waals surface area (Å²) >= 11 is 0. The Morgan fingerprint density at radius 1 is 0.872 bits per heavy atom. The summed E-state index contributed by atoms with van der Waals surface area (Å²) in [6.07, 6.45) is 1.88. The number of aromatic nitrogens is 2. The number of piperazine rings is 1. The lowest BCUT2D eigenvalue weighted by molar-refractivity contribution is 0.0543. The number of para-hydroxylation sites is 1. The minimum absolute atomic E-state index is 0.0580. The van der Waals surface area contributed by atoms with Crippen molar-refractivity contribution in [3.8, 4) is 5.75 Å². The molecule has 0 spiro atoms. The van der Waals surface area contributed by atoms with E-state index in [1.807, 2.05) is 42.5 Å². The quantitative estimate of drug-likeness (QED) is 0.352. The second kappa shape index (κ2) is 11.1. The number of hydrogen-bond acceptors (Lipinski definition) is 7. The first-order valence-corrected chi connectivity index (χ1v) is 13.6. The molecule has 2 aliphatic rings. The Hall–Kier alpha value is -3.91.